The standard InChI is InChI=1S/C6H6BrN2/c1-2-5-3-4-6(7)9-8-5/h2-4H,1H3. The van der Waals surface area contributed by atoms with Gasteiger partial charge in [-0.15, -0.1) is 5.10 Å². The number of halogens is 1. The topological polar surface area (TPSA) is 25.8 Å². The lowest BCUT2D eigenvalue weighted by Crippen LogP contribution is -1.87. The molecule has 1 radical (unpaired) electrons. The van der Waals surface area contributed by atoms with Gasteiger partial charge in [-0.05, 0) is 28.1 Å². The molecule has 0 aliphatic rings. The lowest BCUT2D eigenvalue weighted by atomic mass is 10.3. The van der Waals surface area contributed by atoms with E-state index >= 15 is 0 Å². The van der Waals surface area contributed by atoms with Gasteiger partial charge in [-0.2, -0.15) is 5.10 Å². The van der Waals surface area contributed by atoms with Crippen LogP contribution in [0.3, 0.4) is 0 Å². The summed E-state index contributed by atoms with van der Waals surface area (Å²) in [5.74, 6) is 0. The third-order valence-corrected chi connectivity index (χ3v) is 1.37. The fourth-order valence-electron chi connectivity index (χ4n) is 0.480. The highest BCUT2D eigenvalue weighted by atomic mass is 79.9. The molecular weight excluding hydrogens is 180 g/mol. The fraction of sp³-hybridized carbons (Fsp3) is 0.167. The molecule has 0 spiro atoms. The van der Waals surface area contributed by atoms with Crippen molar-refractivity contribution in [2.24, 2.45) is 0 Å². The number of rotatable bonds is 1. The van der Waals surface area contributed by atoms with E-state index in [0.717, 1.165) is 10.3 Å². The van der Waals surface area contributed by atoms with E-state index in [9.17, 15) is 0 Å². The Morgan fingerprint density at radius 1 is 1.44 bits per heavy atom. The maximum absolute atomic E-state index is 3.84. The normalized spacial score (nSPS) is 9.56. The minimum atomic E-state index is 0.771. The zero-order valence-corrected chi connectivity index (χ0v) is 6.59. The van der Waals surface area contributed by atoms with Gasteiger partial charge < -0.3 is 0 Å². The zero-order chi connectivity index (χ0) is 6.69. The van der Waals surface area contributed by atoms with E-state index in [1.54, 1.807) is 0 Å². The number of nitrogens with zero attached hydrogens (tertiary/aromatic N) is 2. The molecule has 0 aliphatic carbocycles. The Hall–Kier alpha value is -0.440. The Morgan fingerprint density at radius 3 is 2.67 bits per heavy atom. The van der Waals surface area contributed by atoms with Crippen LogP contribution in [0.25, 0.3) is 0 Å². The summed E-state index contributed by atoms with van der Waals surface area (Å²) in [4.78, 5) is 0. The minimum absolute atomic E-state index is 0.771. The van der Waals surface area contributed by atoms with Gasteiger partial charge in [-0.1, -0.05) is 6.92 Å². The highest BCUT2D eigenvalue weighted by Gasteiger charge is 1.89. The number of hydrogen-bond donors (Lipinski definition) is 0. The summed E-state index contributed by atoms with van der Waals surface area (Å²) in [6.45, 7) is 1.93. The van der Waals surface area contributed by atoms with Gasteiger partial charge in [0.15, 0.2) is 0 Å². The van der Waals surface area contributed by atoms with E-state index < -0.39 is 0 Å². The van der Waals surface area contributed by atoms with Crippen LogP contribution < -0.4 is 0 Å². The molecule has 0 atom stereocenters. The van der Waals surface area contributed by atoms with Crippen molar-refractivity contribution in [2.45, 2.75) is 6.92 Å². The van der Waals surface area contributed by atoms with Crippen LogP contribution in [-0.2, 0) is 0 Å². The van der Waals surface area contributed by atoms with Gasteiger partial charge in [0.2, 0.25) is 0 Å². The molecule has 0 saturated carbocycles. The van der Waals surface area contributed by atoms with Crippen molar-refractivity contribution in [3.05, 3.63) is 28.9 Å². The van der Waals surface area contributed by atoms with Crippen molar-refractivity contribution in [1.82, 2.24) is 10.2 Å². The van der Waals surface area contributed by atoms with E-state index in [1.807, 2.05) is 25.5 Å². The molecular formula is C6H6BrN2. The highest BCUT2D eigenvalue weighted by Crippen LogP contribution is 2.03. The fourth-order valence-corrected chi connectivity index (χ4v) is 0.692. The molecule has 3 heteroatoms. The van der Waals surface area contributed by atoms with Crippen molar-refractivity contribution in [1.29, 1.82) is 0 Å². The van der Waals surface area contributed by atoms with Crippen molar-refractivity contribution in [3.8, 4) is 0 Å². The number of hydrogen-bond acceptors (Lipinski definition) is 2. The van der Waals surface area contributed by atoms with Crippen LogP contribution in [0.2, 0.25) is 0 Å². The SMILES string of the molecule is C[CH]c1ccc(Br)nn1. The van der Waals surface area contributed by atoms with Gasteiger partial charge in [0.05, 0.1) is 5.69 Å². The van der Waals surface area contributed by atoms with Crippen LogP contribution in [0, 0.1) is 6.42 Å². The quantitative estimate of drug-likeness (QED) is 0.668. The lowest BCUT2D eigenvalue weighted by molar-refractivity contribution is 0.965. The summed E-state index contributed by atoms with van der Waals surface area (Å²) in [7, 11) is 0. The molecule has 0 saturated heterocycles. The molecule has 9 heavy (non-hydrogen) atoms. The third-order valence-electron chi connectivity index (χ3n) is 0.948. The Labute approximate surface area is 62.4 Å². The molecule has 0 aromatic carbocycles. The van der Waals surface area contributed by atoms with Gasteiger partial charge in [0.1, 0.15) is 4.60 Å². The summed E-state index contributed by atoms with van der Waals surface area (Å²) >= 11 is 3.19. The van der Waals surface area contributed by atoms with E-state index in [2.05, 4.69) is 26.1 Å². The molecule has 0 N–H and O–H groups in total. The summed E-state index contributed by atoms with van der Waals surface area (Å²) < 4.78 is 0.771. The van der Waals surface area contributed by atoms with E-state index in [1.165, 1.54) is 0 Å². The second-order valence-electron chi connectivity index (χ2n) is 1.57. The van der Waals surface area contributed by atoms with Gasteiger partial charge in [-0.3, -0.25) is 0 Å². The molecule has 1 rings (SSSR count). The second kappa shape index (κ2) is 2.92. The van der Waals surface area contributed by atoms with Gasteiger partial charge in [0, 0.05) is 6.42 Å². The molecule has 0 amide bonds. The predicted molar refractivity (Wildman–Crippen MR) is 38.8 cm³/mol. The molecule has 0 bridgehead atoms. The first-order valence-electron chi connectivity index (χ1n) is 2.61. The Balaban J connectivity index is 2.88. The van der Waals surface area contributed by atoms with Gasteiger partial charge in [-0.25, -0.2) is 0 Å². The Bertz CT molecular complexity index is 183. The first-order chi connectivity index (χ1) is 4.33. The van der Waals surface area contributed by atoms with Crippen LogP contribution in [-0.4, -0.2) is 10.2 Å². The summed E-state index contributed by atoms with van der Waals surface area (Å²) in [5, 5.41) is 7.63. The van der Waals surface area contributed by atoms with Crippen molar-refractivity contribution < 1.29 is 0 Å². The second-order valence-corrected chi connectivity index (χ2v) is 2.38. The average molecular weight is 186 g/mol. The highest BCUT2D eigenvalue weighted by molar-refractivity contribution is 9.10. The molecule has 2 nitrogen and oxygen atoms in total. The van der Waals surface area contributed by atoms with Gasteiger partial charge in [0.25, 0.3) is 0 Å². The van der Waals surface area contributed by atoms with Crippen molar-refractivity contribution in [2.75, 3.05) is 0 Å². The molecule has 47 valence electrons. The van der Waals surface area contributed by atoms with Crippen molar-refractivity contribution >= 4 is 15.9 Å². The summed E-state index contributed by atoms with van der Waals surface area (Å²) in [5.41, 5.74) is 0.901. The van der Waals surface area contributed by atoms with E-state index in [0.29, 0.717) is 0 Å². The van der Waals surface area contributed by atoms with Crippen LogP contribution >= 0.6 is 15.9 Å². The third kappa shape index (κ3) is 1.75. The van der Waals surface area contributed by atoms with Crippen molar-refractivity contribution in [3.63, 3.8) is 0 Å². The first kappa shape index (κ1) is 6.68. The molecule has 1 aromatic rings. The molecule has 0 fully saturated rings. The summed E-state index contributed by atoms with van der Waals surface area (Å²) in [6, 6.07) is 3.76. The van der Waals surface area contributed by atoms with Gasteiger partial charge >= 0.3 is 0 Å². The molecule has 1 heterocycles. The number of aromatic nitrogens is 2. The molecule has 0 unspecified atom stereocenters. The Kier molecular flexibility index (Phi) is 2.16. The first-order valence-corrected chi connectivity index (χ1v) is 3.41. The minimum Gasteiger partial charge on any atom is -0.154 e. The maximum atomic E-state index is 3.84. The monoisotopic (exact) mass is 185 g/mol. The largest absolute Gasteiger partial charge is 0.154 e. The zero-order valence-electron chi connectivity index (χ0n) is 5.00. The van der Waals surface area contributed by atoms with Crippen LogP contribution in [0.1, 0.15) is 12.6 Å². The predicted octanol–water partition coefficient (Wildman–Crippen LogP) is 1.81. The maximum Gasteiger partial charge on any atom is 0.128 e. The molecule has 1 aromatic heterocycles. The average Bonchev–Trinajstić information content (AvgIpc) is 1.90. The van der Waals surface area contributed by atoms with E-state index in [-0.39, 0.29) is 0 Å². The van der Waals surface area contributed by atoms with E-state index in [4.69, 9.17) is 0 Å². The Morgan fingerprint density at radius 2 is 2.22 bits per heavy atom. The summed E-state index contributed by atoms with van der Waals surface area (Å²) in [6.07, 6.45) is 1.90. The molecule has 0 aliphatic heterocycles. The van der Waals surface area contributed by atoms with Crippen LogP contribution in [0.4, 0.5) is 0 Å². The smallest absolute Gasteiger partial charge is 0.128 e. The lowest BCUT2D eigenvalue weighted by Gasteiger charge is -1.90. The van der Waals surface area contributed by atoms with Crippen LogP contribution in [0.15, 0.2) is 16.7 Å². The van der Waals surface area contributed by atoms with Crippen LogP contribution in [0.5, 0.6) is 0 Å².